The number of ether oxygens (including phenoxy) is 1. The van der Waals surface area contributed by atoms with Crippen molar-refractivity contribution in [2.75, 3.05) is 36.0 Å². The third-order valence-electron chi connectivity index (χ3n) is 6.54. The third kappa shape index (κ3) is 5.38. The van der Waals surface area contributed by atoms with Gasteiger partial charge in [-0.1, -0.05) is 39.0 Å². The predicted molar refractivity (Wildman–Crippen MR) is 126 cm³/mol. The maximum absolute atomic E-state index is 11.4. The van der Waals surface area contributed by atoms with Crippen molar-refractivity contribution in [3.63, 3.8) is 0 Å². The fraction of sp³-hybridized carbons (Fsp3) is 0.538. The molecule has 0 bridgehead atoms. The van der Waals surface area contributed by atoms with Gasteiger partial charge in [0.1, 0.15) is 29.3 Å². The molecule has 2 fully saturated rings. The first kappa shape index (κ1) is 21.7. The van der Waals surface area contributed by atoms with Gasteiger partial charge in [-0.15, -0.1) is 0 Å². The van der Waals surface area contributed by atoms with Crippen LogP contribution in [0.25, 0.3) is 0 Å². The highest BCUT2D eigenvalue weighted by Crippen LogP contribution is 2.33. The SMILES string of the molecule is CC(=O)C[C@@H](C)c1ccc(O[C@@H]2CCN(c3cccc(N4CCC(C)(C)C4)n3)C2)cc1. The molecule has 0 N–H and O–H groups in total. The van der Waals surface area contributed by atoms with Crippen LogP contribution in [0.15, 0.2) is 42.5 Å². The van der Waals surface area contributed by atoms with E-state index in [4.69, 9.17) is 9.72 Å². The van der Waals surface area contributed by atoms with E-state index in [0.29, 0.717) is 11.8 Å². The molecular weight excluding hydrogens is 386 g/mol. The molecular formula is C26H35N3O2. The highest BCUT2D eigenvalue weighted by atomic mass is 16.5. The fourth-order valence-electron chi connectivity index (χ4n) is 4.72. The van der Waals surface area contributed by atoms with E-state index in [9.17, 15) is 4.79 Å². The summed E-state index contributed by atoms with van der Waals surface area (Å²) in [5.41, 5.74) is 1.55. The molecule has 0 saturated carbocycles. The Bertz CT molecular complexity index is 909. The van der Waals surface area contributed by atoms with Gasteiger partial charge in [0.05, 0.1) is 6.54 Å². The van der Waals surface area contributed by atoms with Gasteiger partial charge in [0.25, 0.3) is 0 Å². The number of rotatable bonds is 7. The van der Waals surface area contributed by atoms with E-state index in [1.165, 1.54) is 12.0 Å². The zero-order valence-corrected chi connectivity index (χ0v) is 19.3. The number of pyridine rings is 1. The summed E-state index contributed by atoms with van der Waals surface area (Å²) in [7, 11) is 0. The van der Waals surface area contributed by atoms with Crippen molar-refractivity contribution >= 4 is 17.4 Å². The molecule has 3 heterocycles. The van der Waals surface area contributed by atoms with E-state index >= 15 is 0 Å². The maximum atomic E-state index is 11.4. The summed E-state index contributed by atoms with van der Waals surface area (Å²) in [4.78, 5) is 21.1. The number of hydrogen-bond donors (Lipinski definition) is 0. The quantitative estimate of drug-likeness (QED) is 0.625. The lowest BCUT2D eigenvalue weighted by Gasteiger charge is -2.23. The lowest BCUT2D eigenvalue weighted by atomic mass is 9.93. The van der Waals surface area contributed by atoms with Crippen LogP contribution in [0.2, 0.25) is 0 Å². The normalized spacial score (nSPS) is 21.4. The number of carbonyl (C=O) groups excluding carboxylic acids is 1. The molecule has 2 atom stereocenters. The Hall–Kier alpha value is -2.56. The van der Waals surface area contributed by atoms with Gasteiger partial charge in [-0.05, 0) is 54.5 Å². The second-order valence-corrected chi connectivity index (χ2v) is 10.0. The van der Waals surface area contributed by atoms with Crippen molar-refractivity contribution in [1.29, 1.82) is 0 Å². The van der Waals surface area contributed by atoms with Crippen LogP contribution in [0.3, 0.4) is 0 Å². The van der Waals surface area contributed by atoms with Crippen molar-refractivity contribution in [1.82, 2.24) is 4.98 Å². The first-order chi connectivity index (χ1) is 14.8. The van der Waals surface area contributed by atoms with Crippen LogP contribution in [0, 0.1) is 5.41 Å². The Labute approximate surface area is 186 Å². The molecule has 2 aliphatic rings. The number of benzene rings is 1. The van der Waals surface area contributed by atoms with E-state index in [2.05, 4.69) is 60.9 Å². The highest BCUT2D eigenvalue weighted by Gasteiger charge is 2.31. The van der Waals surface area contributed by atoms with Crippen LogP contribution in [-0.4, -0.2) is 43.1 Å². The summed E-state index contributed by atoms with van der Waals surface area (Å²) >= 11 is 0. The van der Waals surface area contributed by atoms with E-state index < -0.39 is 0 Å². The minimum absolute atomic E-state index is 0.164. The number of hydrogen-bond acceptors (Lipinski definition) is 5. The van der Waals surface area contributed by atoms with Gasteiger partial charge >= 0.3 is 0 Å². The Morgan fingerprint density at radius 1 is 1.13 bits per heavy atom. The topological polar surface area (TPSA) is 45.7 Å². The predicted octanol–water partition coefficient (Wildman–Crippen LogP) is 5.06. The lowest BCUT2D eigenvalue weighted by Crippen LogP contribution is -2.27. The largest absolute Gasteiger partial charge is 0.489 e. The van der Waals surface area contributed by atoms with Crippen molar-refractivity contribution in [3.05, 3.63) is 48.0 Å². The van der Waals surface area contributed by atoms with Crippen LogP contribution in [0.5, 0.6) is 5.75 Å². The summed E-state index contributed by atoms with van der Waals surface area (Å²) in [6, 6.07) is 14.6. The van der Waals surface area contributed by atoms with Gasteiger partial charge in [-0.3, -0.25) is 0 Å². The van der Waals surface area contributed by atoms with E-state index in [1.54, 1.807) is 6.92 Å². The van der Waals surface area contributed by atoms with Crippen LogP contribution in [0.1, 0.15) is 58.4 Å². The Kier molecular flexibility index (Phi) is 6.22. The van der Waals surface area contributed by atoms with Gasteiger partial charge in [0, 0.05) is 32.5 Å². The minimum Gasteiger partial charge on any atom is -0.489 e. The lowest BCUT2D eigenvalue weighted by molar-refractivity contribution is -0.117. The third-order valence-corrected chi connectivity index (χ3v) is 6.54. The molecule has 4 rings (SSSR count). The van der Waals surface area contributed by atoms with Crippen LogP contribution in [0.4, 0.5) is 11.6 Å². The molecule has 2 aromatic rings. The summed E-state index contributed by atoms with van der Waals surface area (Å²) < 4.78 is 6.25. The number of nitrogens with zero attached hydrogens (tertiary/aromatic N) is 3. The van der Waals surface area contributed by atoms with Crippen LogP contribution >= 0.6 is 0 Å². The molecule has 1 aromatic carbocycles. The molecule has 31 heavy (non-hydrogen) atoms. The Balaban J connectivity index is 1.35. The Morgan fingerprint density at radius 3 is 2.48 bits per heavy atom. The average Bonchev–Trinajstić information content (AvgIpc) is 3.34. The molecule has 0 amide bonds. The molecule has 0 aliphatic carbocycles. The fourth-order valence-corrected chi connectivity index (χ4v) is 4.72. The van der Waals surface area contributed by atoms with Crippen LogP contribution in [-0.2, 0) is 4.79 Å². The number of ketones is 1. The first-order valence-corrected chi connectivity index (χ1v) is 11.5. The average molecular weight is 422 g/mol. The van der Waals surface area contributed by atoms with E-state index in [1.807, 2.05) is 12.1 Å². The monoisotopic (exact) mass is 421 g/mol. The summed E-state index contributed by atoms with van der Waals surface area (Å²) in [5.74, 6) is 3.49. The van der Waals surface area contributed by atoms with Gasteiger partial charge < -0.3 is 19.3 Å². The number of anilines is 2. The minimum atomic E-state index is 0.164. The Morgan fingerprint density at radius 2 is 1.84 bits per heavy atom. The van der Waals surface area contributed by atoms with Crippen molar-refractivity contribution < 1.29 is 9.53 Å². The molecule has 0 radical (unpaired) electrons. The molecule has 0 unspecified atom stereocenters. The zero-order valence-electron chi connectivity index (χ0n) is 19.3. The maximum Gasteiger partial charge on any atom is 0.131 e. The van der Waals surface area contributed by atoms with Crippen molar-refractivity contribution in [3.8, 4) is 5.75 Å². The number of Topliss-reactive ketones (excluding diaryl/α,β-unsaturated/α-hetero) is 1. The van der Waals surface area contributed by atoms with Gasteiger partial charge in [0.15, 0.2) is 0 Å². The second kappa shape index (κ2) is 8.89. The van der Waals surface area contributed by atoms with Gasteiger partial charge in [-0.2, -0.15) is 0 Å². The number of aromatic nitrogens is 1. The van der Waals surface area contributed by atoms with Crippen molar-refractivity contribution in [2.24, 2.45) is 5.41 Å². The van der Waals surface area contributed by atoms with Crippen LogP contribution < -0.4 is 14.5 Å². The molecule has 0 spiro atoms. The zero-order chi connectivity index (χ0) is 22.0. The molecule has 1 aromatic heterocycles. The molecule has 166 valence electrons. The van der Waals surface area contributed by atoms with Crippen molar-refractivity contribution in [2.45, 2.75) is 59.0 Å². The molecule has 5 heteroatoms. The van der Waals surface area contributed by atoms with Gasteiger partial charge in [-0.25, -0.2) is 4.98 Å². The van der Waals surface area contributed by atoms with E-state index in [-0.39, 0.29) is 17.8 Å². The van der Waals surface area contributed by atoms with Gasteiger partial charge in [0.2, 0.25) is 0 Å². The molecule has 2 aliphatic heterocycles. The molecule has 2 saturated heterocycles. The summed E-state index contributed by atoms with van der Waals surface area (Å²) in [5, 5.41) is 0. The summed E-state index contributed by atoms with van der Waals surface area (Å²) in [6.07, 6.45) is 2.95. The summed E-state index contributed by atoms with van der Waals surface area (Å²) in [6.45, 7) is 12.4. The first-order valence-electron chi connectivity index (χ1n) is 11.5. The number of carbonyl (C=O) groups is 1. The smallest absolute Gasteiger partial charge is 0.131 e. The second-order valence-electron chi connectivity index (χ2n) is 10.0. The highest BCUT2D eigenvalue weighted by molar-refractivity contribution is 5.76. The van der Waals surface area contributed by atoms with E-state index in [0.717, 1.165) is 50.0 Å². The molecule has 5 nitrogen and oxygen atoms in total. The standard InChI is InChI=1S/C26H35N3O2/c1-19(16-20(2)30)21-8-10-22(11-9-21)31-23-12-14-28(17-23)24-6-5-7-25(27-24)29-15-13-26(3,4)18-29/h5-11,19,23H,12-18H2,1-4H3/t19-,23-/m1/s1.